The lowest BCUT2D eigenvalue weighted by Gasteiger charge is -2.06. The lowest BCUT2D eigenvalue weighted by molar-refractivity contribution is 0.0952. The number of nitrogens with one attached hydrogen (secondary N) is 2. The number of carbonyl (C=O) groups excluding carboxylic acids is 1. The molecule has 0 unspecified atom stereocenters. The fourth-order valence-corrected chi connectivity index (χ4v) is 2.33. The number of benzene rings is 1. The molecule has 1 heterocycles. The summed E-state index contributed by atoms with van der Waals surface area (Å²) in [4.78, 5) is 11.9. The van der Waals surface area contributed by atoms with Gasteiger partial charge in [-0.1, -0.05) is 18.9 Å². The Kier molecular flexibility index (Phi) is 2.75. The zero-order chi connectivity index (χ0) is 11.7. The van der Waals surface area contributed by atoms with Crippen LogP contribution in [0.3, 0.4) is 0 Å². The van der Waals surface area contributed by atoms with Crippen molar-refractivity contribution >= 4 is 11.6 Å². The van der Waals surface area contributed by atoms with Crippen molar-refractivity contribution in [2.45, 2.75) is 25.7 Å². The van der Waals surface area contributed by atoms with Gasteiger partial charge in [0.25, 0.3) is 5.91 Å². The Bertz CT molecular complexity index is 438. The van der Waals surface area contributed by atoms with Crippen molar-refractivity contribution in [2.75, 3.05) is 18.4 Å². The average Bonchev–Trinajstić information content (AvgIpc) is 3.04. The second kappa shape index (κ2) is 4.40. The first-order valence-electron chi connectivity index (χ1n) is 6.48. The van der Waals surface area contributed by atoms with Crippen molar-refractivity contribution < 1.29 is 4.79 Å². The van der Waals surface area contributed by atoms with E-state index >= 15 is 0 Å². The molecule has 3 nitrogen and oxygen atoms in total. The van der Waals surface area contributed by atoms with Crippen molar-refractivity contribution in [1.82, 2.24) is 5.32 Å². The quantitative estimate of drug-likeness (QED) is 0.832. The summed E-state index contributed by atoms with van der Waals surface area (Å²) in [5.74, 6) is 0.930. The van der Waals surface area contributed by atoms with Crippen LogP contribution in [0, 0.1) is 5.92 Å². The fourth-order valence-electron chi connectivity index (χ4n) is 2.33. The zero-order valence-electron chi connectivity index (χ0n) is 9.96. The molecular formula is C14H18N2O. The summed E-state index contributed by atoms with van der Waals surface area (Å²) < 4.78 is 0. The van der Waals surface area contributed by atoms with Crippen LogP contribution in [0.25, 0.3) is 0 Å². The van der Waals surface area contributed by atoms with Crippen LogP contribution < -0.4 is 10.6 Å². The van der Waals surface area contributed by atoms with Gasteiger partial charge in [-0.15, -0.1) is 0 Å². The van der Waals surface area contributed by atoms with Crippen molar-refractivity contribution in [1.29, 1.82) is 0 Å². The van der Waals surface area contributed by atoms with E-state index in [2.05, 4.69) is 16.7 Å². The number of hydrogen-bond donors (Lipinski definition) is 2. The van der Waals surface area contributed by atoms with Gasteiger partial charge < -0.3 is 10.6 Å². The minimum Gasteiger partial charge on any atom is -0.384 e. The van der Waals surface area contributed by atoms with Crippen LogP contribution in [-0.2, 0) is 6.42 Å². The molecule has 2 aliphatic rings. The number of carbonyl (C=O) groups is 1. The standard InChI is InChI=1S/C14H18N2O/c17-14(16-7-5-10-1-2-10)12-4-3-11-6-8-15-13(11)9-12/h3-4,9-10,15H,1-2,5-8H2,(H,16,17). The van der Waals surface area contributed by atoms with Gasteiger partial charge >= 0.3 is 0 Å². The van der Waals surface area contributed by atoms with Gasteiger partial charge in [0.2, 0.25) is 0 Å². The van der Waals surface area contributed by atoms with E-state index < -0.39 is 0 Å². The molecule has 17 heavy (non-hydrogen) atoms. The van der Waals surface area contributed by atoms with E-state index in [9.17, 15) is 4.79 Å². The largest absolute Gasteiger partial charge is 0.384 e. The van der Waals surface area contributed by atoms with E-state index in [1.54, 1.807) is 0 Å². The molecule has 0 atom stereocenters. The van der Waals surface area contributed by atoms with Crippen LogP contribution in [0.15, 0.2) is 18.2 Å². The summed E-state index contributed by atoms with van der Waals surface area (Å²) in [5, 5.41) is 6.29. The SMILES string of the molecule is O=C(NCCC1CC1)c1ccc2c(c1)NCC2. The minimum atomic E-state index is 0.0575. The minimum absolute atomic E-state index is 0.0575. The van der Waals surface area contributed by atoms with E-state index in [-0.39, 0.29) is 5.91 Å². The highest BCUT2D eigenvalue weighted by Gasteiger charge is 2.20. The number of rotatable bonds is 4. The summed E-state index contributed by atoms with van der Waals surface area (Å²) in [6, 6.07) is 5.96. The van der Waals surface area contributed by atoms with Crippen LogP contribution >= 0.6 is 0 Å². The Hall–Kier alpha value is -1.51. The average molecular weight is 230 g/mol. The molecule has 3 rings (SSSR count). The first-order chi connectivity index (χ1) is 8.33. The van der Waals surface area contributed by atoms with E-state index in [1.807, 2.05) is 12.1 Å². The van der Waals surface area contributed by atoms with Gasteiger partial charge in [-0.05, 0) is 36.5 Å². The molecular weight excluding hydrogens is 212 g/mol. The number of fused-ring (bicyclic) bond motifs is 1. The number of amides is 1. The van der Waals surface area contributed by atoms with Crippen LogP contribution in [0.2, 0.25) is 0 Å². The molecule has 0 spiro atoms. The molecule has 1 saturated carbocycles. The fraction of sp³-hybridized carbons (Fsp3) is 0.500. The maximum atomic E-state index is 11.9. The van der Waals surface area contributed by atoms with Gasteiger partial charge in [0.15, 0.2) is 0 Å². The Labute approximate surface area is 102 Å². The van der Waals surface area contributed by atoms with E-state index in [4.69, 9.17) is 0 Å². The lowest BCUT2D eigenvalue weighted by atomic mass is 10.1. The smallest absolute Gasteiger partial charge is 0.251 e. The first kappa shape index (κ1) is 10.6. The molecule has 0 saturated heterocycles. The van der Waals surface area contributed by atoms with Crippen LogP contribution in [0.4, 0.5) is 5.69 Å². The lowest BCUT2D eigenvalue weighted by Crippen LogP contribution is -2.24. The van der Waals surface area contributed by atoms with Crippen molar-refractivity contribution in [3.8, 4) is 0 Å². The summed E-state index contributed by atoms with van der Waals surface area (Å²) >= 11 is 0. The van der Waals surface area contributed by atoms with Gasteiger partial charge in [0.1, 0.15) is 0 Å². The Morgan fingerprint density at radius 1 is 1.41 bits per heavy atom. The Morgan fingerprint density at radius 3 is 3.12 bits per heavy atom. The molecule has 1 aliphatic carbocycles. The molecule has 0 aromatic heterocycles. The molecule has 90 valence electrons. The Morgan fingerprint density at radius 2 is 2.29 bits per heavy atom. The monoisotopic (exact) mass is 230 g/mol. The van der Waals surface area contributed by atoms with Gasteiger partial charge in [0.05, 0.1) is 0 Å². The molecule has 1 aromatic rings. The molecule has 0 radical (unpaired) electrons. The summed E-state index contributed by atoms with van der Waals surface area (Å²) in [5.41, 5.74) is 3.22. The zero-order valence-corrected chi connectivity index (χ0v) is 9.96. The van der Waals surface area contributed by atoms with Crippen LogP contribution in [-0.4, -0.2) is 19.0 Å². The molecule has 0 bridgehead atoms. The summed E-state index contributed by atoms with van der Waals surface area (Å²) in [6.45, 7) is 1.80. The summed E-state index contributed by atoms with van der Waals surface area (Å²) in [6.07, 6.45) is 4.89. The van der Waals surface area contributed by atoms with Crippen molar-refractivity contribution in [2.24, 2.45) is 5.92 Å². The second-order valence-corrected chi connectivity index (χ2v) is 5.04. The molecule has 1 aliphatic heterocycles. The third-order valence-electron chi connectivity index (χ3n) is 3.62. The molecule has 3 heteroatoms. The van der Waals surface area contributed by atoms with Crippen LogP contribution in [0.5, 0.6) is 0 Å². The predicted octanol–water partition coefficient (Wildman–Crippen LogP) is 2.18. The maximum absolute atomic E-state index is 11.9. The highest BCUT2D eigenvalue weighted by atomic mass is 16.1. The van der Waals surface area contributed by atoms with Crippen molar-refractivity contribution in [3.63, 3.8) is 0 Å². The molecule has 1 amide bonds. The Balaban J connectivity index is 1.60. The summed E-state index contributed by atoms with van der Waals surface area (Å²) in [7, 11) is 0. The third-order valence-corrected chi connectivity index (χ3v) is 3.62. The van der Waals surface area contributed by atoms with Gasteiger partial charge in [-0.3, -0.25) is 4.79 Å². The van der Waals surface area contributed by atoms with Crippen molar-refractivity contribution in [3.05, 3.63) is 29.3 Å². The van der Waals surface area contributed by atoms with Gasteiger partial charge in [-0.2, -0.15) is 0 Å². The third kappa shape index (κ3) is 2.43. The number of anilines is 1. The number of hydrogen-bond acceptors (Lipinski definition) is 2. The predicted molar refractivity (Wildman–Crippen MR) is 68.3 cm³/mol. The van der Waals surface area contributed by atoms with Gasteiger partial charge in [-0.25, -0.2) is 0 Å². The van der Waals surface area contributed by atoms with Gasteiger partial charge in [0, 0.05) is 24.3 Å². The maximum Gasteiger partial charge on any atom is 0.251 e. The molecule has 2 N–H and O–H groups in total. The topological polar surface area (TPSA) is 41.1 Å². The van der Waals surface area contributed by atoms with E-state index in [0.717, 1.165) is 43.1 Å². The molecule has 1 fully saturated rings. The van der Waals surface area contributed by atoms with Crippen LogP contribution in [0.1, 0.15) is 35.2 Å². The van der Waals surface area contributed by atoms with E-state index in [1.165, 1.54) is 18.4 Å². The normalized spacial score (nSPS) is 17.4. The van der Waals surface area contributed by atoms with E-state index in [0.29, 0.717) is 0 Å². The highest BCUT2D eigenvalue weighted by Crippen LogP contribution is 2.31. The first-order valence-corrected chi connectivity index (χ1v) is 6.48. The second-order valence-electron chi connectivity index (χ2n) is 5.04. The highest BCUT2D eigenvalue weighted by molar-refractivity contribution is 5.95. The molecule has 1 aromatic carbocycles.